The first-order valence-corrected chi connectivity index (χ1v) is 12.2. The van der Waals surface area contributed by atoms with Gasteiger partial charge in [-0.2, -0.15) is 0 Å². The second kappa shape index (κ2) is 7.76. The number of carbonyl (C=O) groups is 1. The van der Waals surface area contributed by atoms with Crippen molar-refractivity contribution in [2.45, 2.75) is 32.7 Å². The van der Waals surface area contributed by atoms with Crippen LogP contribution in [0.3, 0.4) is 0 Å². The molecular formula is C29H23Cl2NO2. The summed E-state index contributed by atoms with van der Waals surface area (Å²) in [6, 6.07) is 21.4. The Kier molecular flexibility index (Phi) is 4.91. The van der Waals surface area contributed by atoms with Crippen LogP contribution in [-0.2, 0) is 4.79 Å². The molecule has 0 radical (unpaired) electrons. The molecule has 170 valence electrons. The van der Waals surface area contributed by atoms with Crippen molar-refractivity contribution in [2.24, 2.45) is 5.41 Å². The highest BCUT2D eigenvalue weighted by Crippen LogP contribution is 2.52. The number of fused-ring (bicyclic) bond motifs is 4. The number of Topliss-reactive ketones (excluding diaryl/α,β-unsaturated/α-hetero) is 1. The molecule has 0 saturated carbocycles. The third kappa shape index (κ3) is 3.55. The highest BCUT2D eigenvalue weighted by molar-refractivity contribution is 6.35. The molecule has 2 heterocycles. The van der Waals surface area contributed by atoms with Gasteiger partial charge in [-0.05, 0) is 64.6 Å². The van der Waals surface area contributed by atoms with Gasteiger partial charge < -0.3 is 9.73 Å². The van der Waals surface area contributed by atoms with E-state index in [1.807, 2.05) is 30.3 Å². The minimum absolute atomic E-state index is 0.0993. The average molecular weight is 488 g/mol. The van der Waals surface area contributed by atoms with Crippen molar-refractivity contribution in [2.75, 3.05) is 5.32 Å². The Hall–Kier alpha value is -3.01. The van der Waals surface area contributed by atoms with Crippen LogP contribution >= 0.6 is 23.2 Å². The van der Waals surface area contributed by atoms with Gasteiger partial charge in [0.05, 0.1) is 0 Å². The fourth-order valence-electron chi connectivity index (χ4n) is 5.41. The monoisotopic (exact) mass is 487 g/mol. The number of rotatable bonds is 2. The highest BCUT2D eigenvalue weighted by atomic mass is 35.5. The van der Waals surface area contributed by atoms with E-state index in [1.165, 1.54) is 5.39 Å². The Labute approximate surface area is 208 Å². The number of hydrogen-bond donors (Lipinski definition) is 1. The molecule has 2 aliphatic rings. The summed E-state index contributed by atoms with van der Waals surface area (Å²) in [5.41, 5.74) is 4.80. The Morgan fingerprint density at radius 1 is 0.941 bits per heavy atom. The molecule has 5 heteroatoms. The molecule has 0 unspecified atom stereocenters. The lowest BCUT2D eigenvalue weighted by Crippen LogP contribution is -2.33. The Morgan fingerprint density at radius 2 is 1.71 bits per heavy atom. The molecule has 0 spiro atoms. The van der Waals surface area contributed by atoms with Gasteiger partial charge in [0.2, 0.25) is 0 Å². The SMILES string of the molecule is CC1(C)CC(=O)C2=C(C1)c1c(ccc3ccccc13)N[C@@H]2c1ccc(-c2cc(Cl)cc(Cl)c2)o1. The first-order valence-electron chi connectivity index (χ1n) is 11.4. The Morgan fingerprint density at radius 3 is 2.50 bits per heavy atom. The van der Waals surface area contributed by atoms with Crippen LogP contribution in [0.4, 0.5) is 5.69 Å². The van der Waals surface area contributed by atoms with E-state index in [0.29, 0.717) is 28.0 Å². The number of carbonyl (C=O) groups excluding carboxylic acids is 1. The van der Waals surface area contributed by atoms with Crippen LogP contribution in [0.5, 0.6) is 0 Å². The molecule has 0 bridgehead atoms. The van der Waals surface area contributed by atoms with Gasteiger partial charge in [0.25, 0.3) is 0 Å². The molecule has 1 aliphatic carbocycles. The van der Waals surface area contributed by atoms with Gasteiger partial charge in [0.1, 0.15) is 17.6 Å². The van der Waals surface area contributed by atoms with E-state index in [1.54, 1.807) is 6.07 Å². The summed E-state index contributed by atoms with van der Waals surface area (Å²) in [5.74, 6) is 1.53. The first kappa shape index (κ1) is 21.5. The van der Waals surface area contributed by atoms with Crippen molar-refractivity contribution < 1.29 is 9.21 Å². The zero-order chi connectivity index (χ0) is 23.6. The van der Waals surface area contributed by atoms with Crippen LogP contribution in [0.2, 0.25) is 10.0 Å². The van der Waals surface area contributed by atoms with E-state index in [9.17, 15) is 4.79 Å². The van der Waals surface area contributed by atoms with Crippen molar-refractivity contribution in [1.82, 2.24) is 0 Å². The fourth-order valence-corrected chi connectivity index (χ4v) is 5.94. The molecule has 34 heavy (non-hydrogen) atoms. The van der Waals surface area contributed by atoms with Gasteiger partial charge in [-0.25, -0.2) is 0 Å². The Balaban J connectivity index is 1.53. The van der Waals surface area contributed by atoms with Crippen LogP contribution < -0.4 is 5.32 Å². The van der Waals surface area contributed by atoms with Gasteiger partial charge in [-0.3, -0.25) is 4.79 Å². The van der Waals surface area contributed by atoms with Crippen LogP contribution in [0.25, 0.3) is 27.7 Å². The zero-order valence-electron chi connectivity index (χ0n) is 18.9. The summed E-state index contributed by atoms with van der Waals surface area (Å²) in [6.45, 7) is 4.34. The number of ketones is 1. The summed E-state index contributed by atoms with van der Waals surface area (Å²) < 4.78 is 6.30. The number of furan rings is 1. The van der Waals surface area contributed by atoms with Gasteiger partial charge in [0, 0.05) is 38.9 Å². The normalized spacial score (nSPS) is 19.1. The zero-order valence-corrected chi connectivity index (χ0v) is 20.4. The number of hydrogen-bond acceptors (Lipinski definition) is 3. The summed E-state index contributed by atoms with van der Waals surface area (Å²) in [6.07, 6.45) is 1.35. The lowest BCUT2D eigenvalue weighted by atomic mass is 9.68. The maximum absolute atomic E-state index is 13.6. The van der Waals surface area contributed by atoms with Crippen molar-refractivity contribution in [1.29, 1.82) is 0 Å². The minimum Gasteiger partial charge on any atom is -0.459 e. The largest absolute Gasteiger partial charge is 0.459 e. The van der Waals surface area contributed by atoms with Gasteiger partial charge in [-0.15, -0.1) is 0 Å². The molecule has 1 N–H and O–H groups in total. The lowest BCUT2D eigenvalue weighted by molar-refractivity contribution is -0.118. The number of anilines is 1. The molecular weight excluding hydrogens is 465 g/mol. The molecule has 1 aliphatic heterocycles. The predicted octanol–water partition coefficient (Wildman–Crippen LogP) is 8.72. The fraction of sp³-hybridized carbons (Fsp3) is 0.207. The van der Waals surface area contributed by atoms with Crippen LogP contribution in [0, 0.1) is 5.41 Å². The van der Waals surface area contributed by atoms with Crippen molar-refractivity contribution in [3.63, 3.8) is 0 Å². The number of allylic oxidation sites excluding steroid dienone is 1. The van der Waals surface area contributed by atoms with Crippen molar-refractivity contribution in [3.8, 4) is 11.3 Å². The second-order valence-corrected chi connectivity index (χ2v) is 10.9. The summed E-state index contributed by atoms with van der Waals surface area (Å²) >= 11 is 12.4. The molecule has 4 aromatic rings. The number of nitrogens with one attached hydrogen (secondary N) is 1. The van der Waals surface area contributed by atoms with Crippen LogP contribution in [0.15, 0.2) is 76.7 Å². The molecule has 3 nitrogen and oxygen atoms in total. The summed E-state index contributed by atoms with van der Waals surface area (Å²) in [7, 11) is 0. The van der Waals surface area contributed by atoms with E-state index < -0.39 is 0 Å². The highest BCUT2D eigenvalue weighted by Gasteiger charge is 2.41. The molecule has 6 rings (SSSR count). The minimum atomic E-state index is -0.351. The van der Waals surface area contributed by atoms with E-state index in [4.69, 9.17) is 27.6 Å². The molecule has 0 saturated heterocycles. The van der Waals surface area contributed by atoms with Gasteiger partial charge in [-0.1, -0.05) is 67.4 Å². The predicted molar refractivity (Wildman–Crippen MR) is 139 cm³/mol. The Bertz CT molecular complexity index is 1490. The van der Waals surface area contributed by atoms with E-state index in [0.717, 1.165) is 39.8 Å². The maximum Gasteiger partial charge on any atom is 0.162 e. The number of halogens is 2. The molecule has 0 amide bonds. The van der Waals surface area contributed by atoms with Crippen molar-refractivity contribution in [3.05, 3.63) is 93.7 Å². The molecule has 0 fully saturated rings. The second-order valence-electron chi connectivity index (χ2n) is 9.98. The first-order chi connectivity index (χ1) is 16.3. The summed E-state index contributed by atoms with van der Waals surface area (Å²) in [5, 5.41) is 7.05. The third-order valence-corrected chi connectivity index (χ3v) is 7.23. The van der Waals surface area contributed by atoms with Crippen molar-refractivity contribution >= 4 is 51.0 Å². The lowest BCUT2D eigenvalue weighted by Gasteiger charge is -2.39. The van der Waals surface area contributed by atoms with Crippen LogP contribution in [-0.4, -0.2) is 5.78 Å². The van der Waals surface area contributed by atoms with E-state index in [-0.39, 0.29) is 17.2 Å². The number of benzene rings is 3. The quantitative estimate of drug-likeness (QED) is 0.307. The topological polar surface area (TPSA) is 42.2 Å². The van der Waals surface area contributed by atoms with Gasteiger partial charge in [0.15, 0.2) is 5.78 Å². The van der Waals surface area contributed by atoms with E-state index >= 15 is 0 Å². The molecule has 1 aromatic heterocycles. The average Bonchev–Trinajstić information content (AvgIpc) is 3.27. The van der Waals surface area contributed by atoms with Gasteiger partial charge >= 0.3 is 0 Å². The molecule has 1 atom stereocenters. The van der Waals surface area contributed by atoms with E-state index in [2.05, 4.69) is 49.5 Å². The standard InChI is InChI=1S/C29H23Cl2NO2/c1-29(2)14-21-26-20-6-4-3-5-16(20)7-8-22(26)32-28(27(21)23(33)15-29)25-10-9-24(34-25)17-11-18(30)13-19(31)12-17/h3-13,28,32H,14-15H2,1-2H3/t28-/m1/s1. The smallest absolute Gasteiger partial charge is 0.162 e. The van der Waals surface area contributed by atoms with Crippen LogP contribution in [0.1, 0.15) is 44.1 Å². The third-order valence-electron chi connectivity index (χ3n) is 6.80. The maximum atomic E-state index is 13.6. The molecule has 3 aromatic carbocycles. The summed E-state index contributed by atoms with van der Waals surface area (Å²) in [4.78, 5) is 13.6.